The van der Waals surface area contributed by atoms with Gasteiger partial charge in [0.15, 0.2) is 0 Å². The molecule has 6 nitrogen and oxygen atoms in total. The van der Waals surface area contributed by atoms with E-state index in [0.717, 1.165) is 5.56 Å². The van der Waals surface area contributed by atoms with Crippen LogP contribution in [0.1, 0.15) is 37.9 Å². The number of aromatic hydroxyl groups is 1. The van der Waals surface area contributed by atoms with Crippen LogP contribution in [0.2, 0.25) is 0 Å². The highest BCUT2D eigenvalue weighted by atomic mass is 32.2. The van der Waals surface area contributed by atoms with Crippen molar-refractivity contribution in [3.8, 4) is 11.5 Å². The quantitative estimate of drug-likeness (QED) is 0.593. The third kappa shape index (κ3) is 5.04. The van der Waals surface area contributed by atoms with Crippen molar-refractivity contribution >= 4 is 10.0 Å². The van der Waals surface area contributed by atoms with Crippen molar-refractivity contribution in [2.75, 3.05) is 13.7 Å². The number of nitrogens with one attached hydrogen (secondary N) is 1. The van der Waals surface area contributed by atoms with E-state index in [2.05, 4.69) is 4.72 Å². The van der Waals surface area contributed by atoms with Gasteiger partial charge in [0.2, 0.25) is 10.0 Å². The van der Waals surface area contributed by atoms with Crippen molar-refractivity contribution in [3.63, 3.8) is 0 Å². The van der Waals surface area contributed by atoms with Crippen molar-refractivity contribution in [1.29, 1.82) is 0 Å². The molecule has 0 fully saturated rings. The third-order valence-corrected chi connectivity index (χ3v) is 6.18. The van der Waals surface area contributed by atoms with E-state index in [4.69, 9.17) is 10.5 Å². The average Bonchev–Trinajstić information content (AvgIpc) is 2.67. The third-order valence-electron chi connectivity index (χ3n) is 4.71. The van der Waals surface area contributed by atoms with E-state index < -0.39 is 16.1 Å². The van der Waals surface area contributed by atoms with Gasteiger partial charge in [-0.1, -0.05) is 51.1 Å². The predicted octanol–water partition coefficient (Wildman–Crippen LogP) is 3.21. The molecule has 0 bridgehead atoms. The van der Waals surface area contributed by atoms with Gasteiger partial charge < -0.3 is 15.6 Å². The number of methoxy groups -OCH3 is 1. The molecule has 0 unspecified atom stereocenters. The molecule has 0 radical (unpaired) electrons. The first-order valence-corrected chi connectivity index (χ1v) is 10.9. The summed E-state index contributed by atoms with van der Waals surface area (Å²) in [7, 11) is -2.49. The van der Waals surface area contributed by atoms with Gasteiger partial charge in [-0.15, -0.1) is 0 Å². The van der Waals surface area contributed by atoms with E-state index >= 15 is 0 Å². The first kappa shape index (κ1) is 22.2. The molecule has 0 aromatic heterocycles. The molecule has 2 aromatic rings. The Morgan fingerprint density at radius 2 is 1.75 bits per heavy atom. The number of rotatable bonds is 9. The summed E-state index contributed by atoms with van der Waals surface area (Å²) in [6, 6.07) is 11.7. The summed E-state index contributed by atoms with van der Waals surface area (Å²) in [5.74, 6) is 0.292. The second-order valence-electron chi connectivity index (χ2n) is 7.41. The summed E-state index contributed by atoms with van der Waals surface area (Å²) in [6.45, 7) is 6.19. The molecule has 28 heavy (non-hydrogen) atoms. The Hall–Kier alpha value is -2.09. The maximum atomic E-state index is 13.1. The molecular weight excluding hydrogens is 376 g/mol. The standard InChI is InChI=1S/C21H30N2O4S/c1-14(2)12-17-18(27-4)10-11-19(21(17)24)28(25,26)23-20(15(3)13-22)16-8-6-5-7-9-16/h5-11,14-15,20,23-24H,12-13,22H2,1-4H3/t15-,20+/m1/s1. The van der Waals surface area contributed by atoms with Gasteiger partial charge in [-0.2, -0.15) is 0 Å². The molecule has 0 aliphatic heterocycles. The topological polar surface area (TPSA) is 102 Å². The molecule has 4 N–H and O–H groups in total. The highest BCUT2D eigenvalue weighted by Gasteiger charge is 2.29. The molecule has 2 atom stereocenters. The van der Waals surface area contributed by atoms with E-state index in [9.17, 15) is 13.5 Å². The predicted molar refractivity (Wildman–Crippen MR) is 111 cm³/mol. The van der Waals surface area contributed by atoms with Crippen LogP contribution in [0, 0.1) is 11.8 Å². The first-order valence-electron chi connectivity index (χ1n) is 9.37. The van der Waals surface area contributed by atoms with Gasteiger partial charge in [0, 0.05) is 5.56 Å². The number of ether oxygens (including phenoxy) is 1. The molecule has 0 amide bonds. The van der Waals surface area contributed by atoms with Crippen molar-refractivity contribution in [3.05, 3.63) is 53.6 Å². The molecule has 0 saturated carbocycles. The van der Waals surface area contributed by atoms with Crippen LogP contribution in [0.15, 0.2) is 47.4 Å². The second kappa shape index (κ2) is 9.41. The lowest BCUT2D eigenvalue weighted by Gasteiger charge is -2.25. The zero-order valence-corrected chi connectivity index (χ0v) is 17.7. The number of phenols is 1. The lowest BCUT2D eigenvalue weighted by Crippen LogP contribution is -2.35. The Morgan fingerprint density at radius 3 is 2.29 bits per heavy atom. The lowest BCUT2D eigenvalue weighted by atomic mass is 9.96. The summed E-state index contributed by atoms with van der Waals surface area (Å²) in [4.78, 5) is -0.158. The van der Waals surface area contributed by atoms with Crippen LogP contribution in [-0.2, 0) is 16.4 Å². The smallest absolute Gasteiger partial charge is 0.244 e. The number of benzene rings is 2. The van der Waals surface area contributed by atoms with Crippen LogP contribution in [0.4, 0.5) is 0 Å². The largest absolute Gasteiger partial charge is 0.506 e. The summed E-state index contributed by atoms with van der Waals surface area (Å²) in [5.41, 5.74) is 7.12. The van der Waals surface area contributed by atoms with E-state index in [-0.39, 0.29) is 22.5 Å². The Kier molecular flexibility index (Phi) is 7.46. The summed E-state index contributed by atoms with van der Waals surface area (Å²) in [6.07, 6.45) is 0.500. The van der Waals surface area contributed by atoms with Gasteiger partial charge in [-0.25, -0.2) is 13.1 Å². The van der Waals surface area contributed by atoms with Gasteiger partial charge in [0.25, 0.3) is 0 Å². The zero-order chi connectivity index (χ0) is 20.9. The molecule has 2 rings (SSSR count). The van der Waals surface area contributed by atoms with E-state index in [1.54, 1.807) is 6.07 Å². The minimum Gasteiger partial charge on any atom is -0.506 e. The molecule has 2 aromatic carbocycles. The first-order chi connectivity index (χ1) is 13.2. The van der Waals surface area contributed by atoms with Crippen LogP contribution in [-0.4, -0.2) is 27.2 Å². The molecular formula is C21H30N2O4S. The highest BCUT2D eigenvalue weighted by Crippen LogP contribution is 2.36. The maximum absolute atomic E-state index is 13.1. The Balaban J connectivity index is 2.48. The second-order valence-corrected chi connectivity index (χ2v) is 9.10. The SMILES string of the molecule is COc1ccc(S(=O)(=O)N[C@H](c2ccccc2)[C@H](C)CN)c(O)c1CC(C)C. The van der Waals surface area contributed by atoms with Crippen LogP contribution in [0.5, 0.6) is 11.5 Å². The number of sulfonamides is 1. The monoisotopic (exact) mass is 406 g/mol. The van der Waals surface area contributed by atoms with Gasteiger partial charge >= 0.3 is 0 Å². The van der Waals surface area contributed by atoms with Crippen LogP contribution < -0.4 is 15.2 Å². The molecule has 0 heterocycles. The Bertz CT molecular complexity index is 883. The fourth-order valence-electron chi connectivity index (χ4n) is 3.15. The molecule has 154 valence electrons. The highest BCUT2D eigenvalue weighted by molar-refractivity contribution is 7.89. The Labute approximate surface area is 167 Å². The molecule has 7 heteroatoms. The van der Waals surface area contributed by atoms with Gasteiger partial charge in [-0.3, -0.25) is 0 Å². The van der Waals surface area contributed by atoms with E-state index in [1.807, 2.05) is 51.1 Å². The van der Waals surface area contributed by atoms with E-state index in [0.29, 0.717) is 24.3 Å². The lowest BCUT2D eigenvalue weighted by molar-refractivity contribution is 0.390. The molecule has 0 saturated heterocycles. The van der Waals surface area contributed by atoms with Gasteiger partial charge in [-0.05, 0) is 42.5 Å². The molecule has 0 spiro atoms. The van der Waals surface area contributed by atoms with Crippen molar-refractivity contribution in [2.45, 2.75) is 38.1 Å². The van der Waals surface area contributed by atoms with Crippen molar-refractivity contribution < 1.29 is 18.3 Å². The van der Waals surface area contributed by atoms with Gasteiger partial charge in [0.05, 0.1) is 13.2 Å². The number of hydrogen-bond acceptors (Lipinski definition) is 5. The normalized spacial score (nSPS) is 14.1. The minimum atomic E-state index is -3.99. The van der Waals surface area contributed by atoms with Crippen molar-refractivity contribution in [1.82, 2.24) is 4.72 Å². The van der Waals surface area contributed by atoms with Crippen LogP contribution >= 0.6 is 0 Å². The summed E-state index contributed by atoms with van der Waals surface area (Å²) in [5, 5.41) is 10.7. The van der Waals surface area contributed by atoms with Crippen LogP contribution in [0.3, 0.4) is 0 Å². The van der Waals surface area contributed by atoms with Crippen molar-refractivity contribution in [2.24, 2.45) is 17.6 Å². The Morgan fingerprint density at radius 1 is 1.11 bits per heavy atom. The summed E-state index contributed by atoms with van der Waals surface area (Å²) >= 11 is 0. The van der Waals surface area contributed by atoms with E-state index in [1.165, 1.54) is 13.2 Å². The van der Waals surface area contributed by atoms with Gasteiger partial charge in [0.1, 0.15) is 16.4 Å². The fraction of sp³-hybridized carbons (Fsp3) is 0.429. The molecule has 0 aliphatic rings. The number of hydrogen-bond donors (Lipinski definition) is 3. The molecule has 0 aliphatic carbocycles. The maximum Gasteiger partial charge on any atom is 0.244 e. The summed E-state index contributed by atoms with van der Waals surface area (Å²) < 4.78 is 34.3. The number of phenolic OH excluding ortho intramolecular Hbond substituents is 1. The zero-order valence-electron chi connectivity index (χ0n) is 16.8. The number of nitrogens with two attached hydrogens (primary N) is 1. The average molecular weight is 407 g/mol. The minimum absolute atomic E-state index is 0.132. The fourth-order valence-corrected chi connectivity index (χ4v) is 4.60. The van der Waals surface area contributed by atoms with Crippen LogP contribution in [0.25, 0.3) is 0 Å².